The van der Waals surface area contributed by atoms with E-state index in [9.17, 15) is 22.8 Å². The molecule has 0 amide bonds. The normalized spacial score (nSPS) is 10.9. The highest BCUT2D eigenvalue weighted by atomic mass is 35.5. The molecule has 0 aliphatic carbocycles. The molecule has 0 saturated carbocycles. The Morgan fingerprint density at radius 2 is 2.05 bits per heavy atom. The number of carbonyl (C=O) groups excluding carboxylic acids is 2. The van der Waals surface area contributed by atoms with Crippen LogP contribution in [0.2, 0.25) is 0 Å². The molecule has 0 bridgehead atoms. The van der Waals surface area contributed by atoms with Crippen molar-refractivity contribution in [2.75, 3.05) is 5.88 Å². The van der Waals surface area contributed by atoms with Crippen molar-refractivity contribution in [3.63, 3.8) is 0 Å². The average molecular weight is 297 g/mol. The lowest BCUT2D eigenvalue weighted by Gasteiger charge is -2.11. The first-order valence-electron chi connectivity index (χ1n) is 4.97. The summed E-state index contributed by atoms with van der Waals surface area (Å²) in [5.41, 5.74) is -0.232. The zero-order chi connectivity index (χ0) is 14.5. The molecule has 0 fully saturated rings. The second-order valence-corrected chi connectivity index (χ2v) is 3.66. The summed E-state index contributed by atoms with van der Waals surface area (Å²) in [5.74, 6) is -1.39. The van der Waals surface area contributed by atoms with Crippen molar-refractivity contribution in [2.45, 2.75) is 12.8 Å². The first-order valence-corrected chi connectivity index (χ1v) is 5.51. The second-order valence-electron chi connectivity index (χ2n) is 3.28. The third-order valence-electron chi connectivity index (χ3n) is 1.86. The number of hydrogen-bond acceptors (Lipinski definition) is 4. The number of halogens is 4. The van der Waals surface area contributed by atoms with Crippen molar-refractivity contribution in [3.05, 3.63) is 23.8 Å². The molecule has 0 aliphatic rings. The molecule has 0 spiro atoms. The molecule has 0 heterocycles. The smallest absolute Gasteiger partial charge is 0.426 e. The first-order chi connectivity index (χ1) is 8.85. The van der Waals surface area contributed by atoms with Crippen molar-refractivity contribution in [2.24, 2.45) is 0 Å². The lowest BCUT2D eigenvalue weighted by atomic mass is 10.2. The molecule has 0 saturated heterocycles. The Balaban J connectivity index is 2.90. The van der Waals surface area contributed by atoms with Crippen molar-refractivity contribution < 1.29 is 32.2 Å². The third-order valence-corrected chi connectivity index (χ3v) is 2.05. The molecule has 0 N–H and O–H groups in total. The van der Waals surface area contributed by atoms with E-state index in [0.29, 0.717) is 0 Å². The molecule has 104 valence electrons. The van der Waals surface area contributed by atoms with E-state index in [-0.39, 0.29) is 29.9 Å². The summed E-state index contributed by atoms with van der Waals surface area (Å²) in [6.07, 6.45) is -4.69. The highest BCUT2D eigenvalue weighted by Gasteiger charge is 2.31. The topological polar surface area (TPSA) is 52.6 Å². The number of aldehydes is 1. The average Bonchev–Trinajstić information content (AvgIpc) is 2.29. The summed E-state index contributed by atoms with van der Waals surface area (Å²) in [5, 5.41) is 0. The van der Waals surface area contributed by atoms with E-state index in [0.717, 1.165) is 18.2 Å². The number of esters is 1. The highest BCUT2D eigenvalue weighted by Crippen LogP contribution is 2.27. The fourth-order valence-corrected chi connectivity index (χ4v) is 1.31. The van der Waals surface area contributed by atoms with Crippen LogP contribution in [0.3, 0.4) is 0 Å². The Labute approximate surface area is 111 Å². The summed E-state index contributed by atoms with van der Waals surface area (Å²) >= 11 is 5.32. The van der Waals surface area contributed by atoms with Crippen molar-refractivity contribution >= 4 is 23.9 Å². The Morgan fingerprint density at radius 3 is 2.58 bits per heavy atom. The van der Waals surface area contributed by atoms with Crippen LogP contribution in [-0.2, 0) is 4.79 Å². The van der Waals surface area contributed by atoms with Crippen LogP contribution < -0.4 is 9.47 Å². The number of carbonyl (C=O) groups is 2. The zero-order valence-electron chi connectivity index (χ0n) is 9.37. The lowest BCUT2D eigenvalue weighted by Crippen LogP contribution is -2.17. The molecule has 19 heavy (non-hydrogen) atoms. The molecule has 1 aromatic rings. The molecule has 0 atom stereocenters. The standard InChI is InChI=1S/C11H8ClF3O4/c12-4-3-10(17)18-9-2-1-8(5-7(9)6-16)19-11(13,14)15/h1-2,5-6H,3-4H2. The van der Waals surface area contributed by atoms with Crippen LogP contribution in [0.15, 0.2) is 18.2 Å². The maximum Gasteiger partial charge on any atom is 0.573 e. The minimum absolute atomic E-state index is 0.0323. The molecule has 1 rings (SSSR count). The van der Waals surface area contributed by atoms with E-state index in [1.165, 1.54) is 0 Å². The van der Waals surface area contributed by atoms with E-state index in [2.05, 4.69) is 4.74 Å². The summed E-state index contributed by atoms with van der Waals surface area (Å²) < 4.78 is 44.3. The maximum absolute atomic E-state index is 12.0. The van der Waals surface area contributed by atoms with Gasteiger partial charge in [0.15, 0.2) is 6.29 Å². The van der Waals surface area contributed by atoms with Gasteiger partial charge in [0.25, 0.3) is 0 Å². The van der Waals surface area contributed by atoms with E-state index >= 15 is 0 Å². The monoisotopic (exact) mass is 296 g/mol. The fourth-order valence-electron chi connectivity index (χ4n) is 1.16. The molecular formula is C11H8ClF3O4. The molecular weight excluding hydrogens is 289 g/mol. The summed E-state index contributed by atoms with van der Waals surface area (Å²) in [6, 6.07) is 2.80. The van der Waals surface area contributed by atoms with Crippen LogP contribution in [-0.4, -0.2) is 24.5 Å². The van der Waals surface area contributed by atoms with E-state index in [1.54, 1.807) is 0 Å². The fraction of sp³-hybridized carbons (Fsp3) is 0.273. The van der Waals surface area contributed by atoms with Gasteiger partial charge in [-0.15, -0.1) is 24.8 Å². The van der Waals surface area contributed by atoms with E-state index in [1.807, 2.05) is 0 Å². The third kappa shape index (κ3) is 5.17. The van der Waals surface area contributed by atoms with Crippen molar-refractivity contribution in [1.82, 2.24) is 0 Å². The van der Waals surface area contributed by atoms with Gasteiger partial charge in [-0.25, -0.2) is 0 Å². The number of hydrogen-bond donors (Lipinski definition) is 0. The number of alkyl halides is 4. The van der Waals surface area contributed by atoms with Crippen LogP contribution in [0.5, 0.6) is 11.5 Å². The minimum atomic E-state index is -4.86. The van der Waals surface area contributed by atoms with Gasteiger partial charge in [-0.05, 0) is 18.2 Å². The van der Waals surface area contributed by atoms with Gasteiger partial charge in [0.2, 0.25) is 0 Å². The van der Waals surface area contributed by atoms with Crippen LogP contribution in [0, 0.1) is 0 Å². The molecule has 4 nitrogen and oxygen atoms in total. The summed E-state index contributed by atoms with van der Waals surface area (Å²) in [6.45, 7) is 0. The minimum Gasteiger partial charge on any atom is -0.426 e. The van der Waals surface area contributed by atoms with Gasteiger partial charge in [0.1, 0.15) is 11.5 Å². The Bertz CT molecular complexity index is 473. The zero-order valence-corrected chi connectivity index (χ0v) is 10.1. The highest BCUT2D eigenvalue weighted by molar-refractivity contribution is 6.18. The number of rotatable bonds is 5. The van der Waals surface area contributed by atoms with Gasteiger partial charge in [0, 0.05) is 5.88 Å². The molecule has 1 aromatic carbocycles. The predicted molar refractivity (Wildman–Crippen MR) is 59.5 cm³/mol. The second kappa shape index (κ2) is 6.42. The number of benzene rings is 1. The SMILES string of the molecule is O=Cc1cc(OC(F)(F)F)ccc1OC(=O)CCCl. The van der Waals surface area contributed by atoms with Gasteiger partial charge in [0.05, 0.1) is 12.0 Å². The summed E-state index contributed by atoms with van der Waals surface area (Å²) in [4.78, 5) is 21.9. The summed E-state index contributed by atoms with van der Waals surface area (Å²) in [7, 11) is 0. The largest absolute Gasteiger partial charge is 0.573 e. The quantitative estimate of drug-likeness (QED) is 0.363. The van der Waals surface area contributed by atoms with E-state index < -0.39 is 18.1 Å². The van der Waals surface area contributed by atoms with Gasteiger partial charge in [-0.2, -0.15) is 0 Å². The van der Waals surface area contributed by atoms with Gasteiger partial charge >= 0.3 is 12.3 Å². The van der Waals surface area contributed by atoms with Crippen LogP contribution in [0.1, 0.15) is 16.8 Å². The molecule has 8 heteroatoms. The lowest BCUT2D eigenvalue weighted by molar-refractivity contribution is -0.274. The van der Waals surface area contributed by atoms with Crippen molar-refractivity contribution in [1.29, 1.82) is 0 Å². The Hall–Kier alpha value is -1.76. The number of ether oxygens (including phenoxy) is 2. The molecule has 0 aliphatic heterocycles. The first kappa shape index (κ1) is 15.3. The molecule has 0 unspecified atom stereocenters. The van der Waals surface area contributed by atoms with Crippen LogP contribution in [0.4, 0.5) is 13.2 Å². The Kier molecular flexibility index (Phi) is 5.17. The van der Waals surface area contributed by atoms with E-state index in [4.69, 9.17) is 16.3 Å². The van der Waals surface area contributed by atoms with Gasteiger partial charge in [-0.3, -0.25) is 9.59 Å². The molecule has 0 radical (unpaired) electrons. The van der Waals surface area contributed by atoms with Crippen LogP contribution in [0.25, 0.3) is 0 Å². The maximum atomic E-state index is 12.0. The Morgan fingerprint density at radius 1 is 1.37 bits per heavy atom. The van der Waals surface area contributed by atoms with Gasteiger partial charge in [-0.1, -0.05) is 0 Å². The van der Waals surface area contributed by atoms with Crippen molar-refractivity contribution in [3.8, 4) is 11.5 Å². The van der Waals surface area contributed by atoms with Crippen LogP contribution >= 0.6 is 11.6 Å². The molecule has 0 aromatic heterocycles. The van der Waals surface area contributed by atoms with Gasteiger partial charge < -0.3 is 9.47 Å². The predicted octanol–water partition coefficient (Wildman–Crippen LogP) is 2.93.